The Morgan fingerprint density at radius 3 is 2.83 bits per heavy atom. The van der Waals surface area contributed by atoms with E-state index in [4.69, 9.17) is 4.52 Å². The van der Waals surface area contributed by atoms with E-state index >= 15 is 0 Å². The van der Waals surface area contributed by atoms with Crippen molar-refractivity contribution < 1.29 is 4.52 Å². The second kappa shape index (κ2) is 7.55. The number of aliphatic imine (C=N–C) groups is 1. The fourth-order valence-corrected chi connectivity index (χ4v) is 1.50. The van der Waals surface area contributed by atoms with Crippen molar-refractivity contribution in [3.8, 4) is 0 Å². The molecule has 1 aliphatic carbocycles. The van der Waals surface area contributed by atoms with Crippen molar-refractivity contribution in [2.45, 2.75) is 38.6 Å². The number of nitrogens with one attached hydrogen (secondary N) is 2. The van der Waals surface area contributed by atoms with Gasteiger partial charge in [-0.25, -0.2) is 0 Å². The van der Waals surface area contributed by atoms with E-state index in [2.05, 4.69) is 25.8 Å². The maximum Gasteiger partial charge on any atom is 0.226 e. The fraction of sp³-hybridized carbons (Fsp3) is 0.727. The summed E-state index contributed by atoms with van der Waals surface area (Å²) in [6.45, 7) is 2.68. The highest BCUT2D eigenvalue weighted by Gasteiger charge is 2.21. The lowest BCUT2D eigenvalue weighted by atomic mass is 10.3. The highest BCUT2D eigenvalue weighted by Crippen LogP contribution is 2.18. The molecule has 1 fully saturated rings. The van der Waals surface area contributed by atoms with E-state index in [9.17, 15) is 0 Å². The van der Waals surface area contributed by atoms with Crippen LogP contribution >= 0.6 is 24.0 Å². The molecule has 0 atom stereocenters. The third-order valence-corrected chi connectivity index (χ3v) is 2.57. The van der Waals surface area contributed by atoms with E-state index in [1.807, 2.05) is 6.92 Å². The Kier molecular flexibility index (Phi) is 6.37. The summed E-state index contributed by atoms with van der Waals surface area (Å²) < 4.78 is 5.04. The molecule has 7 heteroatoms. The minimum Gasteiger partial charge on any atom is -0.356 e. The molecule has 0 bridgehead atoms. The number of hydrogen-bond donors (Lipinski definition) is 2. The van der Waals surface area contributed by atoms with Crippen LogP contribution in [0, 0.1) is 6.92 Å². The molecular formula is C11H20IN5O. The molecule has 1 aromatic rings. The molecule has 0 saturated heterocycles. The van der Waals surface area contributed by atoms with Crippen LogP contribution in [0.4, 0.5) is 0 Å². The average Bonchev–Trinajstić information content (AvgIpc) is 3.05. The number of guanidine groups is 1. The molecule has 0 aliphatic heterocycles. The van der Waals surface area contributed by atoms with Crippen LogP contribution in [-0.2, 0) is 6.42 Å². The fourth-order valence-electron chi connectivity index (χ4n) is 1.50. The van der Waals surface area contributed by atoms with Crippen molar-refractivity contribution in [2.24, 2.45) is 4.99 Å². The predicted octanol–water partition coefficient (Wildman–Crippen LogP) is 1.26. The summed E-state index contributed by atoms with van der Waals surface area (Å²) in [7, 11) is 1.79. The molecule has 0 amide bonds. The van der Waals surface area contributed by atoms with Crippen LogP contribution in [0.2, 0.25) is 0 Å². The van der Waals surface area contributed by atoms with Gasteiger partial charge in [0.2, 0.25) is 5.89 Å². The summed E-state index contributed by atoms with van der Waals surface area (Å²) >= 11 is 0. The second-order valence-electron chi connectivity index (χ2n) is 4.26. The van der Waals surface area contributed by atoms with Gasteiger partial charge in [-0.3, -0.25) is 4.99 Å². The third-order valence-electron chi connectivity index (χ3n) is 2.57. The van der Waals surface area contributed by atoms with Gasteiger partial charge in [-0.2, -0.15) is 4.98 Å². The first-order valence-electron chi connectivity index (χ1n) is 6.04. The zero-order valence-corrected chi connectivity index (χ0v) is 13.1. The molecule has 2 N–H and O–H groups in total. The largest absolute Gasteiger partial charge is 0.356 e. The summed E-state index contributed by atoms with van der Waals surface area (Å²) in [5.74, 6) is 2.28. The van der Waals surface area contributed by atoms with E-state index in [0.29, 0.717) is 17.8 Å². The van der Waals surface area contributed by atoms with Gasteiger partial charge in [0.1, 0.15) is 0 Å². The Labute approximate surface area is 124 Å². The van der Waals surface area contributed by atoms with Crippen LogP contribution in [0.1, 0.15) is 31.0 Å². The summed E-state index contributed by atoms with van der Waals surface area (Å²) in [5.41, 5.74) is 0. The smallest absolute Gasteiger partial charge is 0.226 e. The molecule has 0 aromatic carbocycles. The molecule has 1 aromatic heterocycles. The molecule has 2 rings (SSSR count). The summed E-state index contributed by atoms with van der Waals surface area (Å²) in [4.78, 5) is 8.31. The average molecular weight is 365 g/mol. The van der Waals surface area contributed by atoms with Crippen LogP contribution in [0.15, 0.2) is 9.52 Å². The molecule has 0 unspecified atom stereocenters. The molecule has 0 spiro atoms. The molecule has 1 heterocycles. The maximum absolute atomic E-state index is 5.04. The van der Waals surface area contributed by atoms with E-state index < -0.39 is 0 Å². The zero-order chi connectivity index (χ0) is 12.1. The number of hydrogen-bond acceptors (Lipinski definition) is 4. The van der Waals surface area contributed by atoms with Crippen molar-refractivity contribution in [1.29, 1.82) is 0 Å². The lowest BCUT2D eigenvalue weighted by Crippen LogP contribution is -2.39. The van der Waals surface area contributed by atoms with E-state index in [-0.39, 0.29) is 24.0 Å². The van der Waals surface area contributed by atoms with Crippen LogP contribution in [-0.4, -0.2) is 35.7 Å². The van der Waals surface area contributed by atoms with E-state index in [1.165, 1.54) is 12.8 Å². The van der Waals surface area contributed by atoms with Crippen molar-refractivity contribution in [3.63, 3.8) is 0 Å². The van der Waals surface area contributed by atoms with Gasteiger partial charge >= 0.3 is 0 Å². The van der Waals surface area contributed by atoms with Crippen LogP contribution < -0.4 is 10.6 Å². The maximum atomic E-state index is 5.04. The Bertz CT molecular complexity index is 389. The van der Waals surface area contributed by atoms with Crippen molar-refractivity contribution in [1.82, 2.24) is 20.8 Å². The highest BCUT2D eigenvalue weighted by molar-refractivity contribution is 14.0. The van der Waals surface area contributed by atoms with Crippen LogP contribution in [0.25, 0.3) is 0 Å². The normalized spacial score (nSPS) is 15.1. The first-order chi connectivity index (χ1) is 8.28. The van der Waals surface area contributed by atoms with Gasteiger partial charge in [0.25, 0.3) is 0 Å². The lowest BCUT2D eigenvalue weighted by molar-refractivity contribution is 0.372. The highest BCUT2D eigenvalue weighted by atomic mass is 127. The molecule has 102 valence electrons. The first-order valence-corrected chi connectivity index (χ1v) is 6.04. The van der Waals surface area contributed by atoms with E-state index in [0.717, 1.165) is 25.3 Å². The molecule has 1 saturated carbocycles. The van der Waals surface area contributed by atoms with Crippen LogP contribution in [0.3, 0.4) is 0 Å². The number of nitrogens with zero attached hydrogens (tertiary/aromatic N) is 3. The van der Waals surface area contributed by atoms with Gasteiger partial charge in [-0.15, -0.1) is 24.0 Å². The zero-order valence-electron chi connectivity index (χ0n) is 10.8. The lowest BCUT2D eigenvalue weighted by Gasteiger charge is -2.09. The first kappa shape index (κ1) is 15.2. The SMILES string of the molecule is CN=C(NCCCc1nc(C)no1)NC1CC1.I. The minimum atomic E-state index is 0. The monoisotopic (exact) mass is 365 g/mol. The number of aryl methyl sites for hydroxylation is 2. The molecular weight excluding hydrogens is 345 g/mol. The molecule has 6 nitrogen and oxygen atoms in total. The molecule has 0 radical (unpaired) electrons. The number of rotatable bonds is 5. The standard InChI is InChI=1S/C11H19N5O.HI/c1-8-14-10(17-16-8)4-3-7-13-11(12-2)15-9-5-6-9;/h9H,3-7H2,1-2H3,(H2,12,13,15);1H. The van der Waals surface area contributed by atoms with Crippen molar-refractivity contribution >= 4 is 29.9 Å². The summed E-state index contributed by atoms with van der Waals surface area (Å²) in [6.07, 6.45) is 4.26. The molecule has 1 aliphatic rings. The van der Waals surface area contributed by atoms with Crippen molar-refractivity contribution in [2.75, 3.05) is 13.6 Å². The Morgan fingerprint density at radius 2 is 2.28 bits per heavy atom. The van der Waals surface area contributed by atoms with Gasteiger partial charge in [0, 0.05) is 26.1 Å². The van der Waals surface area contributed by atoms with E-state index in [1.54, 1.807) is 7.05 Å². The Hall–Kier alpha value is -0.860. The second-order valence-corrected chi connectivity index (χ2v) is 4.26. The summed E-state index contributed by atoms with van der Waals surface area (Å²) in [6, 6.07) is 0.625. The van der Waals surface area contributed by atoms with Gasteiger partial charge < -0.3 is 15.2 Å². The number of aromatic nitrogens is 2. The van der Waals surface area contributed by atoms with Crippen LogP contribution in [0.5, 0.6) is 0 Å². The topological polar surface area (TPSA) is 75.3 Å². The molecule has 18 heavy (non-hydrogen) atoms. The van der Waals surface area contributed by atoms with Gasteiger partial charge in [0.15, 0.2) is 11.8 Å². The summed E-state index contributed by atoms with van der Waals surface area (Å²) in [5, 5.41) is 10.3. The van der Waals surface area contributed by atoms with Gasteiger partial charge in [0.05, 0.1) is 0 Å². The van der Waals surface area contributed by atoms with Gasteiger partial charge in [-0.05, 0) is 26.2 Å². The third kappa shape index (κ3) is 5.19. The van der Waals surface area contributed by atoms with Gasteiger partial charge in [-0.1, -0.05) is 5.16 Å². The number of halogens is 1. The van der Waals surface area contributed by atoms with Crippen molar-refractivity contribution in [3.05, 3.63) is 11.7 Å². The quantitative estimate of drug-likeness (QED) is 0.356. The Morgan fingerprint density at radius 1 is 1.50 bits per heavy atom. The Balaban J connectivity index is 0.00000162. The predicted molar refractivity (Wildman–Crippen MR) is 80.3 cm³/mol. The minimum absolute atomic E-state index is 0.